The second-order valence-electron chi connectivity index (χ2n) is 4.81. The lowest BCUT2D eigenvalue weighted by Gasteiger charge is -2.20. The van der Waals surface area contributed by atoms with Crippen molar-refractivity contribution < 1.29 is 14.3 Å². The van der Waals surface area contributed by atoms with Crippen LogP contribution in [0.25, 0.3) is 6.08 Å². The first-order chi connectivity index (χ1) is 9.72. The fourth-order valence-corrected chi connectivity index (χ4v) is 2.72. The van der Waals surface area contributed by atoms with Crippen molar-refractivity contribution in [1.82, 2.24) is 0 Å². The van der Waals surface area contributed by atoms with Crippen LogP contribution < -0.4 is 0 Å². The van der Waals surface area contributed by atoms with E-state index < -0.39 is 0 Å². The first kappa shape index (κ1) is 13.5. The number of nitrogens with zero attached hydrogens (tertiary/aromatic N) is 1. The third-order valence-electron chi connectivity index (χ3n) is 3.36. The number of cyclic esters (lactones) is 1. The molecule has 0 bridgehead atoms. The summed E-state index contributed by atoms with van der Waals surface area (Å²) in [7, 11) is 0. The van der Waals surface area contributed by atoms with E-state index in [0.29, 0.717) is 24.8 Å². The van der Waals surface area contributed by atoms with Crippen molar-refractivity contribution in [3.63, 3.8) is 0 Å². The molecule has 0 spiro atoms. The fraction of sp³-hybridized carbons (Fsp3) is 0.333. The van der Waals surface area contributed by atoms with E-state index in [9.17, 15) is 4.79 Å². The largest absolute Gasteiger partial charge is 0.406 e. The minimum Gasteiger partial charge on any atom is -0.406 e. The zero-order valence-electron chi connectivity index (χ0n) is 10.8. The Hall–Kier alpha value is -1.46. The molecule has 0 unspecified atom stereocenters. The van der Waals surface area contributed by atoms with Gasteiger partial charge in [0.2, 0.25) is 5.90 Å². The Labute approximate surface area is 125 Å². The molecule has 20 heavy (non-hydrogen) atoms. The van der Waals surface area contributed by atoms with Crippen LogP contribution >= 0.6 is 15.9 Å². The van der Waals surface area contributed by atoms with Crippen LogP contribution in [0.5, 0.6) is 0 Å². The number of carbonyl (C=O) groups excluding carboxylic acids is 1. The highest BCUT2D eigenvalue weighted by molar-refractivity contribution is 9.10. The van der Waals surface area contributed by atoms with Crippen LogP contribution in [0.1, 0.15) is 18.4 Å². The maximum Gasteiger partial charge on any atom is 0.363 e. The molecule has 2 aliphatic rings. The third kappa shape index (κ3) is 2.99. The quantitative estimate of drug-likeness (QED) is 0.616. The van der Waals surface area contributed by atoms with Crippen LogP contribution in [0.4, 0.5) is 0 Å². The molecule has 2 heterocycles. The molecule has 5 heteroatoms. The summed E-state index contributed by atoms with van der Waals surface area (Å²) in [5, 5.41) is 0. The summed E-state index contributed by atoms with van der Waals surface area (Å²) in [5.41, 5.74) is 1.29. The maximum atomic E-state index is 11.9. The average molecular weight is 336 g/mol. The number of aliphatic imine (C=N–C) groups is 1. The predicted molar refractivity (Wildman–Crippen MR) is 79.2 cm³/mol. The summed E-state index contributed by atoms with van der Waals surface area (Å²) in [5.74, 6) is 0.368. The maximum absolute atomic E-state index is 11.9. The molecule has 2 aliphatic heterocycles. The summed E-state index contributed by atoms with van der Waals surface area (Å²) in [6.07, 6.45) is 3.46. The van der Waals surface area contributed by atoms with E-state index in [1.807, 2.05) is 24.3 Å². The molecule has 1 aromatic rings. The number of rotatable bonds is 2. The third-order valence-corrected chi connectivity index (χ3v) is 3.85. The Morgan fingerprint density at radius 3 is 2.85 bits per heavy atom. The SMILES string of the molecule is O=C1OC(C2CCOCC2)=N/C1=C/c1cccc(Br)c1. The summed E-state index contributed by atoms with van der Waals surface area (Å²) in [4.78, 5) is 16.2. The van der Waals surface area contributed by atoms with Gasteiger partial charge in [-0.05, 0) is 36.6 Å². The van der Waals surface area contributed by atoms with Gasteiger partial charge in [-0.1, -0.05) is 28.1 Å². The molecule has 3 rings (SSSR count). The lowest BCUT2D eigenvalue weighted by Crippen LogP contribution is -2.24. The highest BCUT2D eigenvalue weighted by Gasteiger charge is 2.30. The van der Waals surface area contributed by atoms with E-state index in [0.717, 1.165) is 22.9 Å². The van der Waals surface area contributed by atoms with Crippen LogP contribution in [0.15, 0.2) is 39.4 Å². The Morgan fingerprint density at radius 1 is 1.30 bits per heavy atom. The van der Waals surface area contributed by atoms with Gasteiger partial charge in [0.05, 0.1) is 0 Å². The minimum atomic E-state index is -0.369. The summed E-state index contributed by atoms with van der Waals surface area (Å²) in [6.45, 7) is 1.40. The summed E-state index contributed by atoms with van der Waals surface area (Å²) < 4.78 is 11.6. The van der Waals surface area contributed by atoms with Crippen molar-refractivity contribution in [2.24, 2.45) is 10.9 Å². The number of esters is 1. The van der Waals surface area contributed by atoms with Gasteiger partial charge in [0.25, 0.3) is 0 Å². The Balaban J connectivity index is 1.82. The van der Waals surface area contributed by atoms with Gasteiger partial charge in [-0.3, -0.25) is 0 Å². The van der Waals surface area contributed by atoms with Gasteiger partial charge in [0, 0.05) is 23.6 Å². The summed E-state index contributed by atoms with van der Waals surface area (Å²) in [6, 6.07) is 7.71. The smallest absolute Gasteiger partial charge is 0.363 e. The molecule has 0 amide bonds. The number of hydrogen-bond acceptors (Lipinski definition) is 4. The van der Waals surface area contributed by atoms with Gasteiger partial charge in [-0.25, -0.2) is 9.79 Å². The second kappa shape index (κ2) is 5.89. The highest BCUT2D eigenvalue weighted by Crippen LogP contribution is 2.25. The lowest BCUT2D eigenvalue weighted by molar-refractivity contribution is -0.130. The number of halogens is 1. The molecule has 0 aromatic heterocycles. The van der Waals surface area contributed by atoms with Crippen LogP contribution in [0, 0.1) is 5.92 Å². The van der Waals surface area contributed by atoms with Gasteiger partial charge >= 0.3 is 5.97 Å². The van der Waals surface area contributed by atoms with Gasteiger partial charge in [0.1, 0.15) is 0 Å². The highest BCUT2D eigenvalue weighted by atomic mass is 79.9. The molecule has 1 aromatic carbocycles. The molecule has 1 saturated heterocycles. The molecule has 1 fully saturated rings. The lowest BCUT2D eigenvalue weighted by atomic mass is 10.0. The molecule has 4 nitrogen and oxygen atoms in total. The Morgan fingerprint density at radius 2 is 2.10 bits per heavy atom. The van der Waals surface area contributed by atoms with Crippen LogP contribution in [0.3, 0.4) is 0 Å². The van der Waals surface area contributed by atoms with Crippen LogP contribution in [0.2, 0.25) is 0 Å². The number of ether oxygens (including phenoxy) is 2. The van der Waals surface area contributed by atoms with Crippen molar-refractivity contribution in [2.45, 2.75) is 12.8 Å². The van der Waals surface area contributed by atoms with Crippen molar-refractivity contribution in [1.29, 1.82) is 0 Å². The van der Waals surface area contributed by atoms with Crippen LogP contribution in [-0.2, 0) is 14.3 Å². The normalized spacial score (nSPS) is 21.9. The van der Waals surface area contributed by atoms with Crippen LogP contribution in [-0.4, -0.2) is 25.1 Å². The van der Waals surface area contributed by atoms with Crippen molar-refractivity contribution in [2.75, 3.05) is 13.2 Å². The van der Waals surface area contributed by atoms with Gasteiger partial charge in [-0.2, -0.15) is 0 Å². The van der Waals surface area contributed by atoms with Gasteiger partial charge < -0.3 is 9.47 Å². The van der Waals surface area contributed by atoms with E-state index >= 15 is 0 Å². The minimum absolute atomic E-state index is 0.195. The Bertz CT molecular complexity index is 589. The van der Waals surface area contributed by atoms with Crippen molar-refractivity contribution >= 4 is 33.9 Å². The Kier molecular flexibility index (Phi) is 3.98. The zero-order chi connectivity index (χ0) is 13.9. The average Bonchev–Trinajstić information content (AvgIpc) is 2.81. The fourth-order valence-electron chi connectivity index (χ4n) is 2.30. The van der Waals surface area contributed by atoms with Crippen molar-refractivity contribution in [3.05, 3.63) is 40.0 Å². The molecule has 104 valence electrons. The molecule has 0 aliphatic carbocycles. The first-order valence-electron chi connectivity index (χ1n) is 6.58. The molecular weight excluding hydrogens is 322 g/mol. The van der Waals surface area contributed by atoms with Gasteiger partial charge in [0.15, 0.2) is 5.70 Å². The van der Waals surface area contributed by atoms with E-state index in [1.165, 1.54) is 0 Å². The molecule has 0 N–H and O–H groups in total. The number of benzene rings is 1. The zero-order valence-corrected chi connectivity index (χ0v) is 12.4. The molecular formula is C15H14BrNO3. The monoisotopic (exact) mass is 335 g/mol. The predicted octanol–water partition coefficient (Wildman–Crippen LogP) is 3.17. The standard InChI is InChI=1S/C15H14BrNO3/c16-12-3-1-2-10(8-12)9-13-15(18)20-14(17-13)11-4-6-19-7-5-11/h1-3,8-9,11H,4-7H2/b13-9+. The van der Waals surface area contributed by atoms with Crippen molar-refractivity contribution in [3.8, 4) is 0 Å². The number of carbonyl (C=O) groups is 1. The molecule has 0 atom stereocenters. The van der Waals surface area contributed by atoms with E-state index in [4.69, 9.17) is 9.47 Å². The summed E-state index contributed by atoms with van der Waals surface area (Å²) >= 11 is 3.41. The van der Waals surface area contributed by atoms with E-state index in [1.54, 1.807) is 6.08 Å². The molecule has 0 saturated carbocycles. The molecule has 0 radical (unpaired) electrons. The van der Waals surface area contributed by atoms with Gasteiger partial charge in [-0.15, -0.1) is 0 Å². The first-order valence-corrected chi connectivity index (χ1v) is 7.37. The topological polar surface area (TPSA) is 47.9 Å². The second-order valence-corrected chi connectivity index (χ2v) is 5.73. The number of hydrogen-bond donors (Lipinski definition) is 0. The van der Waals surface area contributed by atoms with E-state index in [2.05, 4.69) is 20.9 Å². The van der Waals surface area contributed by atoms with E-state index in [-0.39, 0.29) is 11.9 Å².